The first-order valence-electron chi connectivity index (χ1n) is 7.71. The summed E-state index contributed by atoms with van der Waals surface area (Å²) in [6.45, 7) is 4.81. The summed E-state index contributed by atoms with van der Waals surface area (Å²) in [4.78, 5) is 7.09. The highest BCUT2D eigenvalue weighted by Gasteiger charge is 2.36. The summed E-state index contributed by atoms with van der Waals surface area (Å²) in [7, 11) is 2.09. The largest absolute Gasteiger partial charge is 0.338 e. The summed E-state index contributed by atoms with van der Waals surface area (Å²) in [5, 5.41) is 3.83. The summed E-state index contributed by atoms with van der Waals surface area (Å²) in [6.07, 6.45) is 11.8. The maximum absolute atomic E-state index is 4.43. The topological polar surface area (TPSA) is 33.1 Å². The van der Waals surface area contributed by atoms with Crippen LogP contribution in [0.15, 0.2) is 12.4 Å². The minimum Gasteiger partial charge on any atom is -0.338 e. The molecule has 0 amide bonds. The molecule has 0 unspecified atom stereocenters. The Bertz CT molecular complexity index is 406. The zero-order valence-corrected chi connectivity index (χ0v) is 12.1. The van der Waals surface area contributed by atoms with Gasteiger partial charge < -0.3 is 14.8 Å². The molecule has 0 atom stereocenters. The Labute approximate surface area is 116 Å². The minimum absolute atomic E-state index is 0.429. The normalized spacial score (nSPS) is 23.8. The number of aromatic nitrogens is 2. The lowest BCUT2D eigenvalue weighted by molar-refractivity contribution is 0.210. The maximum atomic E-state index is 4.43. The lowest BCUT2D eigenvalue weighted by Gasteiger charge is -2.33. The lowest BCUT2D eigenvalue weighted by Crippen LogP contribution is -2.49. The number of rotatable bonds is 3. The molecule has 0 bridgehead atoms. The Morgan fingerprint density at radius 1 is 1.32 bits per heavy atom. The molecule has 1 spiro atoms. The quantitative estimate of drug-likeness (QED) is 0.897. The molecule has 19 heavy (non-hydrogen) atoms. The van der Waals surface area contributed by atoms with Gasteiger partial charge in [0, 0.05) is 44.5 Å². The van der Waals surface area contributed by atoms with Crippen molar-refractivity contribution in [2.75, 3.05) is 26.2 Å². The van der Waals surface area contributed by atoms with Crippen molar-refractivity contribution in [1.29, 1.82) is 0 Å². The van der Waals surface area contributed by atoms with Crippen molar-refractivity contribution in [3.63, 3.8) is 0 Å². The predicted molar refractivity (Wildman–Crippen MR) is 77.2 cm³/mol. The van der Waals surface area contributed by atoms with Crippen LogP contribution in [-0.4, -0.2) is 46.2 Å². The average Bonchev–Trinajstić information content (AvgIpc) is 2.95. The van der Waals surface area contributed by atoms with E-state index < -0.39 is 0 Å². The standard InChI is InChI=1S/C15H26N4/c1-18-12-9-16-14(18)5-11-19-10-4-8-17-15(13-19)6-2-3-7-15/h9,12,17H,2-8,10-11,13H2,1H3. The highest BCUT2D eigenvalue weighted by Crippen LogP contribution is 2.31. The van der Waals surface area contributed by atoms with E-state index in [1.165, 1.54) is 57.6 Å². The molecule has 1 saturated carbocycles. The molecule has 1 aliphatic carbocycles. The summed E-state index contributed by atoms with van der Waals surface area (Å²) in [5.74, 6) is 1.21. The zero-order chi connectivity index (χ0) is 13.1. The molecule has 1 aromatic rings. The van der Waals surface area contributed by atoms with Gasteiger partial charge in [-0.05, 0) is 32.4 Å². The summed E-state index contributed by atoms with van der Waals surface area (Å²) in [6, 6.07) is 0. The molecule has 2 aliphatic rings. The van der Waals surface area contributed by atoms with Crippen molar-refractivity contribution < 1.29 is 0 Å². The Balaban J connectivity index is 1.59. The summed E-state index contributed by atoms with van der Waals surface area (Å²) in [5.41, 5.74) is 0.429. The smallest absolute Gasteiger partial charge is 0.109 e. The van der Waals surface area contributed by atoms with Crippen LogP contribution in [0.25, 0.3) is 0 Å². The molecule has 0 aromatic carbocycles. The Morgan fingerprint density at radius 2 is 2.16 bits per heavy atom. The highest BCUT2D eigenvalue weighted by atomic mass is 15.2. The van der Waals surface area contributed by atoms with Crippen molar-refractivity contribution in [3.8, 4) is 0 Å². The predicted octanol–water partition coefficient (Wildman–Crippen LogP) is 1.57. The first-order valence-corrected chi connectivity index (χ1v) is 7.71. The van der Waals surface area contributed by atoms with Crippen LogP contribution in [0, 0.1) is 0 Å². The molecular formula is C15H26N4. The van der Waals surface area contributed by atoms with Crippen LogP contribution >= 0.6 is 0 Å². The second-order valence-electron chi connectivity index (χ2n) is 6.25. The van der Waals surface area contributed by atoms with E-state index in [-0.39, 0.29) is 0 Å². The maximum Gasteiger partial charge on any atom is 0.109 e. The van der Waals surface area contributed by atoms with Gasteiger partial charge in [-0.2, -0.15) is 0 Å². The molecule has 0 radical (unpaired) electrons. The minimum atomic E-state index is 0.429. The van der Waals surface area contributed by atoms with Crippen molar-refractivity contribution in [1.82, 2.24) is 19.8 Å². The molecule has 1 N–H and O–H groups in total. The van der Waals surface area contributed by atoms with Crippen molar-refractivity contribution >= 4 is 0 Å². The van der Waals surface area contributed by atoms with Crippen molar-refractivity contribution in [2.45, 2.75) is 44.1 Å². The summed E-state index contributed by atoms with van der Waals surface area (Å²) < 4.78 is 2.14. The number of imidazole rings is 1. The third kappa shape index (κ3) is 3.00. The van der Waals surface area contributed by atoms with E-state index in [9.17, 15) is 0 Å². The van der Waals surface area contributed by atoms with E-state index in [2.05, 4.69) is 26.8 Å². The third-order valence-corrected chi connectivity index (χ3v) is 4.81. The SMILES string of the molecule is Cn1ccnc1CCN1CCCNC2(CCCC2)C1. The molecule has 1 aliphatic heterocycles. The van der Waals surface area contributed by atoms with Gasteiger partial charge in [-0.1, -0.05) is 12.8 Å². The summed E-state index contributed by atoms with van der Waals surface area (Å²) >= 11 is 0. The highest BCUT2D eigenvalue weighted by molar-refractivity contribution is 4.98. The van der Waals surface area contributed by atoms with Gasteiger partial charge >= 0.3 is 0 Å². The van der Waals surface area contributed by atoms with Crippen LogP contribution in [0.4, 0.5) is 0 Å². The fraction of sp³-hybridized carbons (Fsp3) is 0.800. The van der Waals surface area contributed by atoms with E-state index >= 15 is 0 Å². The molecule has 2 heterocycles. The number of aryl methyl sites for hydroxylation is 1. The van der Waals surface area contributed by atoms with Gasteiger partial charge in [0.25, 0.3) is 0 Å². The van der Waals surface area contributed by atoms with Crippen LogP contribution in [0.3, 0.4) is 0 Å². The molecule has 106 valence electrons. The fourth-order valence-corrected chi connectivity index (χ4v) is 3.69. The van der Waals surface area contributed by atoms with Gasteiger partial charge in [-0.25, -0.2) is 4.98 Å². The zero-order valence-electron chi connectivity index (χ0n) is 12.1. The Morgan fingerprint density at radius 3 is 2.89 bits per heavy atom. The average molecular weight is 262 g/mol. The van der Waals surface area contributed by atoms with E-state index in [1.54, 1.807) is 0 Å². The second kappa shape index (κ2) is 5.63. The van der Waals surface area contributed by atoms with E-state index in [1.807, 2.05) is 12.4 Å². The number of hydrogen-bond acceptors (Lipinski definition) is 3. The molecule has 1 saturated heterocycles. The molecular weight excluding hydrogens is 236 g/mol. The number of nitrogens with zero attached hydrogens (tertiary/aromatic N) is 3. The molecule has 2 fully saturated rings. The van der Waals surface area contributed by atoms with Crippen LogP contribution in [-0.2, 0) is 13.5 Å². The first kappa shape index (κ1) is 13.1. The van der Waals surface area contributed by atoms with Crippen molar-refractivity contribution in [2.24, 2.45) is 7.05 Å². The molecule has 4 nitrogen and oxygen atoms in total. The lowest BCUT2D eigenvalue weighted by atomic mass is 9.97. The third-order valence-electron chi connectivity index (χ3n) is 4.81. The monoisotopic (exact) mass is 262 g/mol. The fourth-order valence-electron chi connectivity index (χ4n) is 3.69. The molecule has 3 rings (SSSR count). The van der Waals surface area contributed by atoms with Crippen LogP contribution in [0.5, 0.6) is 0 Å². The van der Waals surface area contributed by atoms with Gasteiger partial charge in [0.05, 0.1) is 0 Å². The Kier molecular flexibility index (Phi) is 3.89. The van der Waals surface area contributed by atoms with Crippen molar-refractivity contribution in [3.05, 3.63) is 18.2 Å². The first-order chi connectivity index (χ1) is 9.27. The van der Waals surface area contributed by atoms with E-state index in [0.717, 1.165) is 13.0 Å². The Hall–Kier alpha value is -0.870. The van der Waals surface area contributed by atoms with Gasteiger partial charge in [0.1, 0.15) is 5.82 Å². The van der Waals surface area contributed by atoms with Crippen LogP contribution < -0.4 is 5.32 Å². The van der Waals surface area contributed by atoms with E-state index in [0.29, 0.717) is 5.54 Å². The van der Waals surface area contributed by atoms with Gasteiger partial charge in [-0.3, -0.25) is 0 Å². The molecule has 4 heteroatoms. The number of nitrogens with one attached hydrogen (secondary N) is 1. The van der Waals surface area contributed by atoms with E-state index in [4.69, 9.17) is 0 Å². The van der Waals surface area contributed by atoms with Gasteiger partial charge in [-0.15, -0.1) is 0 Å². The number of hydrogen-bond donors (Lipinski definition) is 1. The molecule has 1 aromatic heterocycles. The van der Waals surface area contributed by atoms with Crippen LogP contribution in [0.2, 0.25) is 0 Å². The second-order valence-corrected chi connectivity index (χ2v) is 6.25. The van der Waals surface area contributed by atoms with Crippen LogP contribution in [0.1, 0.15) is 37.9 Å². The van der Waals surface area contributed by atoms with Gasteiger partial charge in [0.2, 0.25) is 0 Å². The van der Waals surface area contributed by atoms with Gasteiger partial charge in [0.15, 0.2) is 0 Å².